The lowest BCUT2D eigenvalue weighted by atomic mass is 10.1. The molecular formula is C17H18N2. The van der Waals surface area contributed by atoms with Crippen molar-refractivity contribution in [2.45, 2.75) is 13.0 Å². The Kier molecular flexibility index (Phi) is 3.70. The lowest BCUT2D eigenvalue weighted by Crippen LogP contribution is -2.31. The number of fused-ring (bicyclic) bond motifs is 1. The molecule has 1 aliphatic rings. The fourth-order valence-electron chi connectivity index (χ4n) is 2.48. The van der Waals surface area contributed by atoms with Gasteiger partial charge in [0.25, 0.3) is 0 Å². The van der Waals surface area contributed by atoms with Gasteiger partial charge in [0.15, 0.2) is 0 Å². The highest BCUT2D eigenvalue weighted by Crippen LogP contribution is 2.16. The Labute approximate surface area is 114 Å². The molecule has 0 amide bonds. The second-order valence-electron chi connectivity index (χ2n) is 4.91. The predicted octanol–water partition coefficient (Wildman–Crippen LogP) is 3.15. The van der Waals surface area contributed by atoms with Gasteiger partial charge in [-0.25, -0.2) is 0 Å². The van der Waals surface area contributed by atoms with Gasteiger partial charge in [-0.3, -0.25) is 9.88 Å². The first-order chi connectivity index (χ1) is 9.42. The summed E-state index contributed by atoms with van der Waals surface area (Å²) in [5, 5.41) is 0. The van der Waals surface area contributed by atoms with E-state index in [1.165, 1.54) is 16.8 Å². The van der Waals surface area contributed by atoms with Crippen LogP contribution in [0.3, 0.4) is 0 Å². The Morgan fingerprint density at radius 1 is 1.11 bits per heavy atom. The van der Waals surface area contributed by atoms with Gasteiger partial charge < -0.3 is 0 Å². The molecule has 2 aromatic rings. The molecule has 2 nitrogen and oxygen atoms in total. The molecule has 0 saturated heterocycles. The van der Waals surface area contributed by atoms with E-state index in [9.17, 15) is 0 Å². The van der Waals surface area contributed by atoms with E-state index in [1.54, 1.807) is 0 Å². The maximum Gasteiger partial charge on any atom is 0.0461 e. The first-order valence-corrected chi connectivity index (χ1v) is 6.78. The highest BCUT2D eigenvalue weighted by molar-refractivity contribution is 5.48. The Morgan fingerprint density at radius 2 is 2.00 bits per heavy atom. The molecule has 0 saturated carbocycles. The topological polar surface area (TPSA) is 16.1 Å². The van der Waals surface area contributed by atoms with Gasteiger partial charge in [0.05, 0.1) is 0 Å². The fourth-order valence-corrected chi connectivity index (χ4v) is 2.48. The number of pyridine rings is 1. The summed E-state index contributed by atoms with van der Waals surface area (Å²) in [5.74, 6) is 0. The van der Waals surface area contributed by atoms with Crippen LogP contribution in [-0.2, 0) is 13.0 Å². The highest BCUT2D eigenvalue weighted by Gasteiger charge is 2.14. The lowest BCUT2D eigenvalue weighted by molar-refractivity contribution is 0.279. The minimum Gasteiger partial charge on any atom is -0.295 e. The first kappa shape index (κ1) is 12.1. The zero-order valence-corrected chi connectivity index (χ0v) is 11.0. The summed E-state index contributed by atoms with van der Waals surface area (Å²) in [7, 11) is 0. The van der Waals surface area contributed by atoms with Gasteiger partial charge in [-0.15, -0.1) is 0 Å². The molecule has 19 heavy (non-hydrogen) atoms. The van der Waals surface area contributed by atoms with Crippen molar-refractivity contribution in [3.63, 3.8) is 0 Å². The van der Waals surface area contributed by atoms with Crippen LogP contribution in [0.5, 0.6) is 0 Å². The van der Waals surface area contributed by atoms with Crippen LogP contribution in [0, 0.1) is 0 Å². The normalized spacial score (nSPS) is 15.6. The monoisotopic (exact) mass is 250 g/mol. The van der Waals surface area contributed by atoms with Crippen molar-refractivity contribution in [2.75, 3.05) is 13.1 Å². The van der Waals surface area contributed by atoms with Crippen molar-refractivity contribution in [3.8, 4) is 0 Å². The van der Waals surface area contributed by atoms with Crippen molar-refractivity contribution < 1.29 is 0 Å². The molecule has 0 fully saturated rings. The zero-order chi connectivity index (χ0) is 12.9. The van der Waals surface area contributed by atoms with E-state index < -0.39 is 0 Å². The molecule has 0 spiro atoms. The third-order valence-corrected chi connectivity index (χ3v) is 3.52. The summed E-state index contributed by atoms with van der Waals surface area (Å²) >= 11 is 0. The lowest BCUT2D eigenvalue weighted by Gasteiger charge is -2.26. The SMILES string of the molecule is C(=Cc1ccccc1)CN1CCc2ncccc2C1. The van der Waals surface area contributed by atoms with Gasteiger partial charge in [-0.1, -0.05) is 48.6 Å². The van der Waals surface area contributed by atoms with Gasteiger partial charge >= 0.3 is 0 Å². The van der Waals surface area contributed by atoms with Crippen LogP contribution in [0.2, 0.25) is 0 Å². The van der Waals surface area contributed by atoms with Crippen LogP contribution in [0.25, 0.3) is 6.08 Å². The first-order valence-electron chi connectivity index (χ1n) is 6.78. The van der Waals surface area contributed by atoms with Gasteiger partial charge in [-0.05, 0) is 17.2 Å². The summed E-state index contributed by atoms with van der Waals surface area (Å²) in [4.78, 5) is 6.90. The number of nitrogens with zero attached hydrogens (tertiary/aromatic N) is 2. The number of benzene rings is 1. The smallest absolute Gasteiger partial charge is 0.0461 e. The predicted molar refractivity (Wildman–Crippen MR) is 78.7 cm³/mol. The summed E-state index contributed by atoms with van der Waals surface area (Å²) in [6.45, 7) is 3.12. The number of aromatic nitrogens is 1. The van der Waals surface area contributed by atoms with E-state index in [-0.39, 0.29) is 0 Å². The second-order valence-corrected chi connectivity index (χ2v) is 4.91. The van der Waals surface area contributed by atoms with E-state index in [4.69, 9.17) is 0 Å². The third-order valence-electron chi connectivity index (χ3n) is 3.52. The Morgan fingerprint density at radius 3 is 2.89 bits per heavy atom. The number of rotatable bonds is 3. The number of hydrogen-bond donors (Lipinski definition) is 0. The van der Waals surface area contributed by atoms with Gasteiger partial charge in [0, 0.05) is 37.9 Å². The van der Waals surface area contributed by atoms with Crippen molar-refractivity contribution in [1.82, 2.24) is 9.88 Å². The Balaban J connectivity index is 1.59. The Bertz CT molecular complexity index is 560. The minimum absolute atomic E-state index is 1.00. The average molecular weight is 250 g/mol. The van der Waals surface area contributed by atoms with E-state index >= 15 is 0 Å². The molecule has 1 aromatic heterocycles. The second kappa shape index (κ2) is 5.81. The van der Waals surface area contributed by atoms with Crippen molar-refractivity contribution >= 4 is 6.08 Å². The molecule has 0 bridgehead atoms. The molecule has 1 aromatic carbocycles. The van der Waals surface area contributed by atoms with Gasteiger partial charge in [0.1, 0.15) is 0 Å². The molecule has 3 rings (SSSR count). The molecular weight excluding hydrogens is 232 g/mol. The molecule has 0 unspecified atom stereocenters. The summed E-state index contributed by atoms with van der Waals surface area (Å²) in [6, 6.07) is 14.7. The molecule has 0 radical (unpaired) electrons. The van der Waals surface area contributed by atoms with E-state index in [1.807, 2.05) is 18.3 Å². The summed E-state index contributed by atoms with van der Waals surface area (Å²) in [6.07, 6.45) is 7.40. The van der Waals surface area contributed by atoms with Crippen molar-refractivity contribution in [2.24, 2.45) is 0 Å². The molecule has 1 aliphatic heterocycles. The number of hydrogen-bond acceptors (Lipinski definition) is 2. The van der Waals surface area contributed by atoms with E-state index in [0.29, 0.717) is 0 Å². The van der Waals surface area contributed by atoms with Crippen LogP contribution < -0.4 is 0 Å². The van der Waals surface area contributed by atoms with Gasteiger partial charge in [0.2, 0.25) is 0 Å². The van der Waals surface area contributed by atoms with Gasteiger partial charge in [-0.2, -0.15) is 0 Å². The van der Waals surface area contributed by atoms with Crippen LogP contribution in [-0.4, -0.2) is 23.0 Å². The Hall–Kier alpha value is -1.93. The largest absolute Gasteiger partial charge is 0.295 e. The fraction of sp³-hybridized carbons (Fsp3) is 0.235. The summed E-state index contributed by atoms with van der Waals surface area (Å²) in [5.41, 5.74) is 3.91. The quantitative estimate of drug-likeness (QED) is 0.832. The molecule has 96 valence electrons. The molecule has 0 N–H and O–H groups in total. The standard InChI is InChI=1S/C17H18N2/c1-2-6-15(7-3-1)8-5-12-19-13-10-17-16(14-19)9-4-11-18-17/h1-9,11H,10,12-14H2. The van der Waals surface area contributed by atoms with Crippen molar-refractivity contribution in [3.05, 3.63) is 71.6 Å². The van der Waals surface area contributed by atoms with Crippen molar-refractivity contribution in [1.29, 1.82) is 0 Å². The zero-order valence-electron chi connectivity index (χ0n) is 11.0. The average Bonchev–Trinajstić information content (AvgIpc) is 2.48. The molecule has 2 heteroatoms. The summed E-state index contributed by atoms with van der Waals surface area (Å²) < 4.78 is 0. The molecule has 0 atom stereocenters. The minimum atomic E-state index is 1.00. The van der Waals surface area contributed by atoms with E-state index in [2.05, 4.69) is 52.4 Å². The van der Waals surface area contributed by atoms with Crippen LogP contribution in [0.4, 0.5) is 0 Å². The van der Waals surface area contributed by atoms with Crippen LogP contribution >= 0.6 is 0 Å². The third kappa shape index (κ3) is 3.09. The molecule has 0 aliphatic carbocycles. The van der Waals surface area contributed by atoms with Crippen LogP contribution in [0.15, 0.2) is 54.7 Å². The molecule has 2 heterocycles. The van der Waals surface area contributed by atoms with E-state index in [0.717, 1.165) is 26.1 Å². The maximum atomic E-state index is 4.44. The maximum absolute atomic E-state index is 4.44. The highest BCUT2D eigenvalue weighted by atomic mass is 15.1. The van der Waals surface area contributed by atoms with Crippen LogP contribution in [0.1, 0.15) is 16.8 Å².